The van der Waals surface area contributed by atoms with Crippen molar-refractivity contribution >= 4 is 27.3 Å². The van der Waals surface area contributed by atoms with Crippen LogP contribution in [0.2, 0.25) is 0 Å². The average Bonchev–Trinajstić information content (AvgIpc) is 3.42. The Balaban J connectivity index is 1.61. The number of hydrogen-bond acceptors (Lipinski definition) is 7. The van der Waals surface area contributed by atoms with E-state index in [-0.39, 0.29) is 10.8 Å². The molecule has 11 heteroatoms. The predicted molar refractivity (Wildman–Crippen MR) is 121 cm³/mol. The lowest BCUT2D eigenvalue weighted by Gasteiger charge is -2.26. The third-order valence-electron chi connectivity index (χ3n) is 5.07. The number of H-pyrrole nitrogens is 1. The molecule has 170 valence electrons. The zero-order valence-corrected chi connectivity index (χ0v) is 19.6. The Morgan fingerprint density at radius 3 is 2.66 bits per heavy atom. The molecular formula is C21H25N5O4S2. The van der Waals surface area contributed by atoms with E-state index in [4.69, 9.17) is 4.74 Å². The van der Waals surface area contributed by atoms with Gasteiger partial charge in [-0.2, -0.15) is 9.40 Å². The van der Waals surface area contributed by atoms with Crippen molar-refractivity contribution in [1.82, 2.24) is 24.8 Å². The van der Waals surface area contributed by atoms with Crippen LogP contribution >= 0.6 is 11.3 Å². The highest BCUT2D eigenvalue weighted by Gasteiger charge is 2.28. The number of sulfonamides is 1. The SMILES string of the molecule is Cc1csc(-c2cc(C(=O)NCCc3n[nH]c(C)n3)cc(S(=O)(=O)N3CCOCC3)c2)c1. The number of amides is 1. The molecule has 0 saturated carbocycles. The summed E-state index contributed by atoms with van der Waals surface area (Å²) in [5.41, 5.74) is 2.08. The lowest BCUT2D eigenvalue weighted by atomic mass is 10.1. The van der Waals surface area contributed by atoms with Gasteiger partial charge in [-0.05, 0) is 54.6 Å². The maximum atomic E-state index is 13.3. The quantitative estimate of drug-likeness (QED) is 0.541. The molecule has 4 rings (SSSR count). The largest absolute Gasteiger partial charge is 0.379 e. The van der Waals surface area contributed by atoms with E-state index in [9.17, 15) is 13.2 Å². The molecule has 1 aromatic carbocycles. The third-order valence-corrected chi connectivity index (χ3v) is 8.04. The summed E-state index contributed by atoms with van der Waals surface area (Å²) in [6.07, 6.45) is 0.471. The van der Waals surface area contributed by atoms with Crippen LogP contribution in [0.4, 0.5) is 0 Å². The van der Waals surface area contributed by atoms with Gasteiger partial charge in [-0.1, -0.05) is 0 Å². The fourth-order valence-electron chi connectivity index (χ4n) is 3.43. The summed E-state index contributed by atoms with van der Waals surface area (Å²) in [5.74, 6) is 0.982. The van der Waals surface area contributed by atoms with E-state index in [0.717, 1.165) is 10.4 Å². The molecule has 0 bridgehead atoms. The lowest BCUT2D eigenvalue weighted by molar-refractivity contribution is 0.0730. The Bertz CT molecular complexity index is 1210. The molecule has 3 heterocycles. The van der Waals surface area contributed by atoms with Crippen molar-refractivity contribution < 1.29 is 17.9 Å². The highest BCUT2D eigenvalue weighted by atomic mass is 32.2. The minimum Gasteiger partial charge on any atom is -0.379 e. The first kappa shape index (κ1) is 22.6. The van der Waals surface area contributed by atoms with E-state index in [1.165, 1.54) is 21.7 Å². The van der Waals surface area contributed by atoms with Gasteiger partial charge in [0.2, 0.25) is 10.0 Å². The van der Waals surface area contributed by atoms with Crippen molar-refractivity contribution in [2.24, 2.45) is 0 Å². The van der Waals surface area contributed by atoms with Gasteiger partial charge in [0, 0.05) is 36.5 Å². The number of carbonyl (C=O) groups excluding carboxylic acids is 1. The topological polar surface area (TPSA) is 117 Å². The molecule has 9 nitrogen and oxygen atoms in total. The highest BCUT2D eigenvalue weighted by molar-refractivity contribution is 7.89. The molecule has 1 fully saturated rings. The first-order valence-electron chi connectivity index (χ1n) is 10.3. The number of aryl methyl sites for hydroxylation is 2. The summed E-state index contributed by atoms with van der Waals surface area (Å²) in [6, 6.07) is 6.80. The number of aromatic nitrogens is 3. The summed E-state index contributed by atoms with van der Waals surface area (Å²) in [6.45, 7) is 5.43. The first-order valence-corrected chi connectivity index (χ1v) is 12.6. The number of benzene rings is 1. The van der Waals surface area contributed by atoms with E-state index in [0.29, 0.717) is 62.0 Å². The predicted octanol–water partition coefficient (Wildman–Crippen LogP) is 2.14. The van der Waals surface area contributed by atoms with Gasteiger partial charge in [0.15, 0.2) is 5.82 Å². The van der Waals surface area contributed by atoms with Crippen molar-refractivity contribution in [2.45, 2.75) is 25.2 Å². The van der Waals surface area contributed by atoms with Crippen molar-refractivity contribution in [3.8, 4) is 10.4 Å². The van der Waals surface area contributed by atoms with Crippen LogP contribution in [0.5, 0.6) is 0 Å². The number of carbonyl (C=O) groups is 1. The fraction of sp³-hybridized carbons (Fsp3) is 0.381. The summed E-state index contributed by atoms with van der Waals surface area (Å²) in [5, 5.41) is 11.7. The molecule has 0 radical (unpaired) electrons. The van der Waals surface area contributed by atoms with E-state index >= 15 is 0 Å². The van der Waals surface area contributed by atoms with Crippen molar-refractivity contribution in [2.75, 3.05) is 32.8 Å². The summed E-state index contributed by atoms with van der Waals surface area (Å²) >= 11 is 1.52. The van der Waals surface area contributed by atoms with Gasteiger partial charge in [0.05, 0.1) is 18.1 Å². The maximum absolute atomic E-state index is 13.3. The Labute approximate surface area is 190 Å². The van der Waals surface area contributed by atoms with Crippen molar-refractivity contribution in [1.29, 1.82) is 0 Å². The smallest absolute Gasteiger partial charge is 0.251 e. The molecule has 0 spiro atoms. The van der Waals surface area contributed by atoms with Crippen LogP contribution in [0.25, 0.3) is 10.4 Å². The lowest BCUT2D eigenvalue weighted by Crippen LogP contribution is -2.40. The standard InChI is InChI=1S/C21H25N5O4S2/c1-14-9-19(31-13-14)16-10-17(21(27)22-4-3-20-23-15(2)24-25-20)12-18(11-16)32(28,29)26-5-7-30-8-6-26/h9-13H,3-8H2,1-2H3,(H,22,27)(H,23,24,25). The fourth-order valence-corrected chi connectivity index (χ4v) is 5.80. The van der Waals surface area contributed by atoms with E-state index in [1.807, 2.05) is 25.3 Å². The molecule has 1 saturated heterocycles. The van der Waals surface area contributed by atoms with Gasteiger partial charge in [0.25, 0.3) is 5.91 Å². The van der Waals surface area contributed by atoms with E-state index < -0.39 is 10.0 Å². The number of nitrogens with one attached hydrogen (secondary N) is 2. The molecule has 1 aliphatic rings. The summed E-state index contributed by atoms with van der Waals surface area (Å²) in [4.78, 5) is 18.1. The van der Waals surface area contributed by atoms with Crippen LogP contribution in [-0.2, 0) is 21.2 Å². The molecular weight excluding hydrogens is 450 g/mol. The van der Waals surface area contributed by atoms with Crippen LogP contribution in [-0.4, -0.2) is 66.7 Å². The zero-order chi connectivity index (χ0) is 22.7. The van der Waals surface area contributed by atoms with Crippen LogP contribution < -0.4 is 5.32 Å². The van der Waals surface area contributed by atoms with Crippen LogP contribution in [0.1, 0.15) is 27.6 Å². The number of aromatic amines is 1. The second-order valence-electron chi connectivity index (χ2n) is 7.59. The molecule has 2 aromatic heterocycles. The number of morpholine rings is 1. The van der Waals surface area contributed by atoms with E-state index in [1.54, 1.807) is 12.1 Å². The van der Waals surface area contributed by atoms with E-state index in [2.05, 4.69) is 20.5 Å². The molecule has 0 unspecified atom stereocenters. The first-order chi connectivity index (χ1) is 15.3. The Hall–Kier alpha value is -2.60. The second-order valence-corrected chi connectivity index (χ2v) is 10.4. The minimum atomic E-state index is -3.75. The average molecular weight is 476 g/mol. The molecule has 2 N–H and O–H groups in total. The van der Waals surface area contributed by atoms with Gasteiger partial charge in [0.1, 0.15) is 5.82 Å². The van der Waals surface area contributed by atoms with Crippen LogP contribution in [0.3, 0.4) is 0 Å². The molecule has 0 aliphatic carbocycles. The van der Waals surface area contributed by atoms with Crippen molar-refractivity contribution in [3.63, 3.8) is 0 Å². The number of rotatable bonds is 7. The Kier molecular flexibility index (Phi) is 6.70. The van der Waals surface area contributed by atoms with Crippen LogP contribution in [0, 0.1) is 13.8 Å². The number of nitrogens with zero attached hydrogens (tertiary/aromatic N) is 3. The zero-order valence-electron chi connectivity index (χ0n) is 17.9. The van der Waals surface area contributed by atoms with Gasteiger partial charge in [-0.15, -0.1) is 11.3 Å². The molecule has 3 aromatic rings. The van der Waals surface area contributed by atoms with Crippen molar-refractivity contribution in [3.05, 3.63) is 52.4 Å². The van der Waals surface area contributed by atoms with Gasteiger partial charge in [-0.25, -0.2) is 13.4 Å². The van der Waals surface area contributed by atoms with Gasteiger partial charge >= 0.3 is 0 Å². The number of hydrogen-bond donors (Lipinski definition) is 2. The molecule has 1 aliphatic heterocycles. The molecule has 32 heavy (non-hydrogen) atoms. The Morgan fingerprint density at radius 1 is 1.22 bits per heavy atom. The Morgan fingerprint density at radius 2 is 2.00 bits per heavy atom. The summed E-state index contributed by atoms with van der Waals surface area (Å²) < 4.78 is 33.2. The molecule has 1 amide bonds. The third kappa shape index (κ3) is 5.07. The highest BCUT2D eigenvalue weighted by Crippen LogP contribution is 2.31. The normalized spacial score (nSPS) is 15.1. The van der Waals surface area contributed by atoms with Gasteiger partial charge < -0.3 is 10.1 Å². The summed E-state index contributed by atoms with van der Waals surface area (Å²) in [7, 11) is -3.75. The maximum Gasteiger partial charge on any atom is 0.251 e. The van der Waals surface area contributed by atoms with Gasteiger partial charge in [-0.3, -0.25) is 9.89 Å². The van der Waals surface area contributed by atoms with Crippen LogP contribution in [0.15, 0.2) is 34.5 Å². The molecule has 0 atom stereocenters. The number of ether oxygens (including phenoxy) is 1. The second kappa shape index (κ2) is 9.49. The minimum absolute atomic E-state index is 0.109. The monoisotopic (exact) mass is 475 g/mol. The number of thiophene rings is 1.